The number of hydrogen-bond donors (Lipinski definition) is 1. The highest BCUT2D eigenvalue weighted by molar-refractivity contribution is 6.29. The fourth-order valence-electron chi connectivity index (χ4n) is 1.78. The molecule has 4 nitrogen and oxygen atoms in total. The maximum Gasteiger partial charge on any atom is 0.183 e. The molecule has 1 aromatic rings. The van der Waals surface area contributed by atoms with Crippen LogP contribution < -0.4 is 5.43 Å². The number of aromatic nitrogens is 1. The highest BCUT2D eigenvalue weighted by atomic mass is 35.5. The van der Waals surface area contributed by atoms with Gasteiger partial charge in [-0.15, -0.1) is 0 Å². The average Bonchev–Trinajstić information content (AvgIpc) is 2.65. The van der Waals surface area contributed by atoms with Crippen LogP contribution in [0.3, 0.4) is 0 Å². The molecule has 0 radical (unpaired) electrons. The van der Waals surface area contributed by atoms with Crippen LogP contribution in [0.4, 0.5) is 0 Å². The van der Waals surface area contributed by atoms with E-state index in [1.807, 2.05) is 0 Å². The van der Waals surface area contributed by atoms with Gasteiger partial charge in [0.15, 0.2) is 5.43 Å². The molecule has 2 heterocycles. The Labute approximate surface area is 92.2 Å². The minimum atomic E-state index is -0.552. The van der Waals surface area contributed by atoms with Crippen molar-refractivity contribution in [2.75, 3.05) is 20.3 Å². The summed E-state index contributed by atoms with van der Waals surface area (Å²) in [5.41, 5.74) is 0.00132. The van der Waals surface area contributed by atoms with E-state index < -0.39 is 5.60 Å². The number of methoxy groups -OCH3 is 1. The molecule has 2 rings (SSSR count). The third-order valence-electron chi connectivity index (χ3n) is 2.68. The Hall–Kier alpha value is -0.840. The van der Waals surface area contributed by atoms with Gasteiger partial charge in [0.1, 0.15) is 10.8 Å². The van der Waals surface area contributed by atoms with Gasteiger partial charge in [-0.05, 0) is 0 Å². The maximum absolute atomic E-state index is 11.3. The fourth-order valence-corrected chi connectivity index (χ4v) is 1.99. The summed E-state index contributed by atoms with van der Waals surface area (Å²) in [5, 5.41) is 0.320. The van der Waals surface area contributed by atoms with Crippen molar-refractivity contribution in [3.8, 4) is 0 Å². The number of pyridine rings is 1. The Morgan fingerprint density at radius 3 is 2.93 bits per heavy atom. The molecule has 15 heavy (non-hydrogen) atoms. The largest absolute Gasteiger partial charge is 0.378 e. The number of rotatable bonds is 2. The number of halogens is 1. The normalized spacial score (nSPS) is 25.7. The zero-order valence-electron chi connectivity index (χ0n) is 8.38. The van der Waals surface area contributed by atoms with Crippen LogP contribution in [-0.4, -0.2) is 25.3 Å². The standard InChI is InChI=1S/C10H12ClNO3/c1-14-10(2-3-15-6-10)8-4-7(13)5-9(11)12-8/h4-5H,2-3,6H2,1H3,(H,12,13)/t10-/m0/s1. The first-order valence-electron chi connectivity index (χ1n) is 4.69. The summed E-state index contributed by atoms with van der Waals surface area (Å²) in [6.07, 6.45) is 0.722. The highest BCUT2D eigenvalue weighted by Crippen LogP contribution is 2.32. The lowest BCUT2D eigenvalue weighted by Crippen LogP contribution is -2.31. The molecule has 0 spiro atoms. The average molecular weight is 230 g/mol. The molecular weight excluding hydrogens is 218 g/mol. The van der Waals surface area contributed by atoms with E-state index in [2.05, 4.69) is 4.98 Å². The molecule has 1 fully saturated rings. The Kier molecular flexibility index (Phi) is 2.82. The van der Waals surface area contributed by atoms with Crippen molar-refractivity contribution in [2.24, 2.45) is 0 Å². The first kappa shape index (κ1) is 10.7. The van der Waals surface area contributed by atoms with E-state index in [1.54, 1.807) is 7.11 Å². The SMILES string of the molecule is CO[C@@]1(c2cc(=O)cc(Cl)[nH]2)CCOC1. The first-order valence-corrected chi connectivity index (χ1v) is 5.07. The topological polar surface area (TPSA) is 51.3 Å². The monoisotopic (exact) mass is 229 g/mol. The van der Waals surface area contributed by atoms with Crippen LogP contribution in [0.15, 0.2) is 16.9 Å². The van der Waals surface area contributed by atoms with E-state index in [0.717, 1.165) is 6.42 Å². The summed E-state index contributed by atoms with van der Waals surface area (Å²) in [7, 11) is 1.61. The van der Waals surface area contributed by atoms with Gasteiger partial charge in [-0.1, -0.05) is 11.6 Å². The van der Waals surface area contributed by atoms with Gasteiger partial charge in [0.2, 0.25) is 0 Å². The second-order valence-electron chi connectivity index (χ2n) is 3.58. The molecule has 1 saturated heterocycles. The van der Waals surface area contributed by atoms with Crippen molar-refractivity contribution >= 4 is 11.6 Å². The molecule has 0 aliphatic carbocycles. The van der Waals surface area contributed by atoms with Crippen LogP contribution in [0, 0.1) is 0 Å². The minimum Gasteiger partial charge on any atom is -0.378 e. The van der Waals surface area contributed by atoms with Gasteiger partial charge in [0, 0.05) is 32.3 Å². The smallest absolute Gasteiger partial charge is 0.183 e. The lowest BCUT2D eigenvalue weighted by molar-refractivity contribution is -0.0246. The van der Waals surface area contributed by atoms with E-state index in [9.17, 15) is 4.79 Å². The first-order chi connectivity index (χ1) is 7.16. The Morgan fingerprint density at radius 1 is 1.60 bits per heavy atom. The number of hydrogen-bond acceptors (Lipinski definition) is 3. The number of H-pyrrole nitrogens is 1. The van der Waals surface area contributed by atoms with Crippen molar-refractivity contribution in [2.45, 2.75) is 12.0 Å². The van der Waals surface area contributed by atoms with E-state index in [0.29, 0.717) is 24.1 Å². The molecule has 0 amide bonds. The third kappa shape index (κ3) is 1.93. The summed E-state index contributed by atoms with van der Waals surface area (Å²) in [4.78, 5) is 14.3. The molecule has 1 atom stereocenters. The van der Waals surface area contributed by atoms with E-state index in [-0.39, 0.29) is 5.43 Å². The lowest BCUT2D eigenvalue weighted by Gasteiger charge is -2.25. The second kappa shape index (κ2) is 3.96. The predicted molar refractivity (Wildman–Crippen MR) is 56.2 cm³/mol. The van der Waals surface area contributed by atoms with Gasteiger partial charge < -0.3 is 14.5 Å². The van der Waals surface area contributed by atoms with Crippen molar-refractivity contribution in [1.29, 1.82) is 0 Å². The summed E-state index contributed by atoms with van der Waals surface area (Å²) in [6, 6.07) is 2.84. The zero-order valence-corrected chi connectivity index (χ0v) is 9.13. The molecule has 0 aromatic carbocycles. The quantitative estimate of drug-likeness (QED) is 0.778. The van der Waals surface area contributed by atoms with E-state index in [4.69, 9.17) is 21.1 Å². The molecule has 0 saturated carbocycles. The highest BCUT2D eigenvalue weighted by Gasteiger charge is 2.38. The van der Waals surface area contributed by atoms with Gasteiger partial charge in [0.25, 0.3) is 0 Å². The molecule has 1 aliphatic rings. The Balaban J connectivity index is 2.46. The van der Waals surface area contributed by atoms with Crippen molar-refractivity contribution in [3.63, 3.8) is 0 Å². The predicted octanol–water partition coefficient (Wildman–Crippen LogP) is 1.29. The van der Waals surface area contributed by atoms with Crippen molar-refractivity contribution in [3.05, 3.63) is 33.2 Å². The van der Waals surface area contributed by atoms with Gasteiger partial charge in [-0.2, -0.15) is 0 Å². The maximum atomic E-state index is 11.3. The summed E-state index contributed by atoms with van der Waals surface area (Å²) in [5.74, 6) is 0. The summed E-state index contributed by atoms with van der Waals surface area (Å²) >= 11 is 5.80. The van der Waals surface area contributed by atoms with Crippen LogP contribution in [0.5, 0.6) is 0 Å². The zero-order chi connectivity index (χ0) is 10.9. The lowest BCUT2D eigenvalue weighted by atomic mass is 9.98. The number of ether oxygens (including phenoxy) is 2. The van der Waals surface area contributed by atoms with Crippen LogP contribution in [-0.2, 0) is 15.1 Å². The van der Waals surface area contributed by atoms with Crippen LogP contribution in [0.25, 0.3) is 0 Å². The third-order valence-corrected chi connectivity index (χ3v) is 2.88. The Bertz CT molecular complexity index is 409. The Morgan fingerprint density at radius 2 is 2.40 bits per heavy atom. The van der Waals surface area contributed by atoms with Gasteiger partial charge >= 0.3 is 0 Å². The number of nitrogens with one attached hydrogen (secondary N) is 1. The molecule has 1 aliphatic heterocycles. The molecular formula is C10H12ClNO3. The molecule has 0 bridgehead atoms. The van der Waals surface area contributed by atoms with Crippen LogP contribution in [0.1, 0.15) is 12.1 Å². The molecule has 1 N–H and O–H groups in total. The van der Waals surface area contributed by atoms with Gasteiger partial charge in [-0.25, -0.2) is 0 Å². The van der Waals surface area contributed by atoms with Crippen molar-refractivity contribution < 1.29 is 9.47 Å². The summed E-state index contributed by atoms with van der Waals surface area (Å²) < 4.78 is 10.7. The van der Waals surface area contributed by atoms with E-state index >= 15 is 0 Å². The van der Waals surface area contributed by atoms with Crippen LogP contribution in [0.2, 0.25) is 5.15 Å². The molecule has 0 unspecified atom stereocenters. The van der Waals surface area contributed by atoms with E-state index in [1.165, 1.54) is 12.1 Å². The number of aromatic amines is 1. The molecule has 82 valence electrons. The van der Waals surface area contributed by atoms with Crippen LogP contribution >= 0.6 is 11.6 Å². The fraction of sp³-hybridized carbons (Fsp3) is 0.500. The second-order valence-corrected chi connectivity index (χ2v) is 3.99. The van der Waals surface area contributed by atoms with Gasteiger partial charge in [-0.3, -0.25) is 4.79 Å². The van der Waals surface area contributed by atoms with Crippen molar-refractivity contribution in [1.82, 2.24) is 4.98 Å². The summed E-state index contributed by atoms with van der Waals surface area (Å²) in [6.45, 7) is 1.07. The minimum absolute atomic E-state index is 0.128. The molecule has 1 aromatic heterocycles. The molecule has 5 heteroatoms. The van der Waals surface area contributed by atoms with Gasteiger partial charge in [0.05, 0.1) is 12.3 Å².